The number of aliphatic hydroxyl groups is 1. The zero-order valence-corrected chi connectivity index (χ0v) is 8.96. The van der Waals surface area contributed by atoms with Crippen molar-refractivity contribution in [3.8, 4) is 0 Å². The van der Waals surface area contributed by atoms with E-state index in [9.17, 15) is 4.79 Å². The van der Waals surface area contributed by atoms with Crippen LogP contribution in [0.2, 0.25) is 0 Å². The van der Waals surface area contributed by atoms with Gasteiger partial charge in [-0.2, -0.15) is 4.98 Å². The Morgan fingerprint density at radius 1 is 1.71 bits per heavy atom. The number of nitrogen functional groups attached to an aromatic ring is 1. The summed E-state index contributed by atoms with van der Waals surface area (Å²) >= 11 is 0. The van der Waals surface area contributed by atoms with Gasteiger partial charge in [0, 0.05) is 0 Å². The molecule has 0 saturated carbocycles. The Kier molecular flexibility index (Phi) is 3.07. The molecule has 0 aromatic carbocycles. The van der Waals surface area contributed by atoms with Gasteiger partial charge in [0.1, 0.15) is 6.73 Å². The van der Waals surface area contributed by atoms with E-state index in [2.05, 4.69) is 21.9 Å². The fraction of sp³-hybridized carbons (Fsp3) is 0.333. The van der Waals surface area contributed by atoms with Crippen LogP contribution in [0.3, 0.4) is 0 Å². The van der Waals surface area contributed by atoms with Crippen molar-refractivity contribution in [2.75, 3.05) is 12.3 Å². The van der Waals surface area contributed by atoms with Crippen molar-refractivity contribution in [2.24, 2.45) is 0 Å². The lowest BCUT2D eigenvalue weighted by Gasteiger charge is -2.10. The predicted octanol–water partition coefficient (Wildman–Crippen LogP) is -1.13. The van der Waals surface area contributed by atoms with Crippen molar-refractivity contribution >= 4 is 17.1 Å². The molecule has 1 radical (unpaired) electrons. The first-order chi connectivity index (χ1) is 8.11. The van der Waals surface area contributed by atoms with E-state index in [4.69, 9.17) is 15.6 Å². The van der Waals surface area contributed by atoms with E-state index >= 15 is 0 Å². The number of aromatic nitrogens is 4. The molecule has 2 rings (SSSR count). The summed E-state index contributed by atoms with van der Waals surface area (Å²) in [6.45, 7) is 3.44. The predicted molar refractivity (Wildman–Crippen MR) is 59.9 cm³/mol. The van der Waals surface area contributed by atoms with Crippen LogP contribution in [0.5, 0.6) is 0 Å². The third-order valence-corrected chi connectivity index (χ3v) is 2.15. The molecule has 0 aliphatic carbocycles. The van der Waals surface area contributed by atoms with E-state index in [0.29, 0.717) is 5.65 Å². The maximum absolute atomic E-state index is 11.5. The Labute approximate surface area is 96.1 Å². The van der Waals surface area contributed by atoms with E-state index in [1.54, 1.807) is 0 Å². The van der Waals surface area contributed by atoms with Gasteiger partial charge in [-0.3, -0.25) is 14.3 Å². The third kappa shape index (κ3) is 2.27. The van der Waals surface area contributed by atoms with Gasteiger partial charge in [0.2, 0.25) is 5.95 Å². The van der Waals surface area contributed by atoms with Gasteiger partial charge in [-0.25, -0.2) is 4.98 Å². The van der Waals surface area contributed by atoms with E-state index in [1.807, 2.05) is 0 Å². The number of nitrogens with one attached hydrogen (secondary N) is 1. The first-order valence-electron chi connectivity index (χ1n) is 4.88. The number of rotatable bonds is 4. The molecule has 91 valence electrons. The Balaban J connectivity index is 2.33. The summed E-state index contributed by atoms with van der Waals surface area (Å²) in [5.41, 5.74) is 5.55. The van der Waals surface area contributed by atoms with E-state index in [-0.39, 0.29) is 24.8 Å². The highest BCUT2D eigenvalue weighted by atomic mass is 16.5. The summed E-state index contributed by atoms with van der Waals surface area (Å²) in [6, 6.07) is 0. The number of nitrogens with two attached hydrogens (primary N) is 1. The van der Waals surface area contributed by atoms with Gasteiger partial charge in [0.15, 0.2) is 11.2 Å². The van der Waals surface area contributed by atoms with Crippen molar-refractivity contribution in [3.63, 3.8) is 0 Å². The second kappa shape index (κ2) is 4.52. The molecule has 1 atom stereocenters. The number of hydrogen-bond acceptors (Lipinski definition) is 6. The monoisotopic (exact) mass is 238 g/mol. The summed E-state index contributed by atoms with van der Waals surface area (Å²) in [5, 5.41) is 8.76. The molecule has 8 nitrogen and oxygen atoms in total. The zero-order chi connectivity index (χ0) is 12.4. The molecule has 0 bridgehead atoms. The number of H-pyrrole nitrogens is 1. The summed E-state index contributed by atoms with van der Waals surface area (Å²) < 4.78 is 6.70. The molecule has 8 heteroatoms. The van der Waals surface area contributed by atoms with Crippen molar-refractivity contribution in [3.05, 3.63) is 23.6 Å². The maximum Gasteiger partial charge on any atom is 0.280 e. The fourth-order valence-corrected chi connectivity index (χ4v) is 1.30. The van der Waals surface area contributed by atoms with Gasteiger partial charge in [0.05, 0.1) is 19.0 Å². The minimum atomic E-state index is -0.549. The van der Waals surface area contributed by atoms with Gasteiger partial charge < -0.3 is 15.6 Å². The zero-order valence-electron chi connectivity index (χ0n) is 8.96. The van der Waals surface area contributed by atoms with Crippen molar-refractivity contribution in [2.45, 2.75) is 12.8 Å². The molecule has 0 spiro atoms. The Morgan fingerprint density at radius 2 is 2.47 bits per heavy atom. The third-order valence-electron chi connectivity index (χ3n) is 2.15. The molecule has 1 unspecified atom stereocenters. The van der Waals surface area contributed by atoms with Gasteiger partial charge in [0.25, 0.3) is 5.56 Å². The van der Waals surface area contributed by atoms with Crippen LogP contribution in [-0.4, -0.2) is 37.3 Å². The number of hydrogen-bond donors (Lipinski definition) is 3. The number of aliphatic hydroxyl groups excluding tert-OH is 1. The standard InChI is InChI=1S/C9H12N5O3/c1-5(2-15)17-4-14-3-11-6-7(14)12-9(10)13-8(6)16/h3,5,15H,1-2,4H2,(H3,10,12,13,16). The van der Waals surface area contributed by atoms with E-state index in [0.717, 1.165) is 0 Å². The highest BCUT2D eigenvalue weighted by molar-refractivity contribution is 5.70. The van der Waals surface area contributed by atoms with Crippen LogP contribution >= 0.6 is 0 Å². The van der Waals surface area contributed by atoms with Crippen LogP contribution in [0.25, 0.3) is 11.2 Å². The summed E-state index contributed by atoms with van der Waals surface area (Å²) in [5.74, 6) is 0.0116. The number of imidazole rings is 1. The molecular formula is C9H12N5O3. The lowest BCUT2D eigenvalue weighted by atomic mass is 10.4. The van der Waals surface area contributed by atoms with E-state index < -0.39 is 11.7 Å². The van der Waals surface area contributed by atoms with E-state index in [1.165, 1.54) is 10.9 Å². The van der Waals surface area contributed by atoms with Gasteiger partial charge in [-0.1, -0.05) is 0 Å². The van der Waals surface area contributed by atoms with Crippen LogP contribution < -0.4 is 11.3 Å². The second-order valence-corrected chi connectivity index (χ2v) is 3.44. The van der Waals surface area contributed by atoms with Crippen LogP contribution in [-0.2, 0) is 11.5 Å². The normalized spacial score (nSPS) is 13.1. The highest BCUT2D eigenvalue weighted by Gasteiger charge is 2.09. The molecule has 2 heterocycles. The molecule has 0 saturated heterocycles. The number of nitrogens with zero attached hydrogens (tertiary/aromatic N) is 3. The molecule has 2 aromatic heterocycles. The maximum atomic E-state index is 11.5. The summed E-state index contributed by atoms with van der Waals surface area (Å²) in [6.07, 6.45) is 0.864. The average Bonchev–Trinajstić information content (AvgIpc) is 2.69. The quantitative estimate of drug-likeness (QED) is 0.620. The van der Waals surface area contributed by atoms with Gasteiger partial charge in [-0.15, -0.1) is 0 Å². The smallest absolute Gasteiger partial charge is 0.280 e. The molecule has 2 aromatic rings. The SMILES string of the molecule is [CH2]C(CO)OCn1cnc2c(=O)[nH]c(N)nc21. The topological polar surface area (TPSA) is 119 Å². The Hall–Kier alpha value is -1.93. The highest BCUT2D eigenvalue weighted by Crippen LogP contribution is 2.06. The molecule has 0 fully saturated rings. The lowest BCUT2D eigenvalue weighted by molar-refractivity contribution is 0.00303. The molecule has 0 aliphatic heterocycles. The van der Waals surface area contributed by atoms with Crippen molar-refractivity contribution < 1.29 is 9.84 Å². The van der Waals surface area contributed by atoms with Crippen LogP contribution in [0.15, 0.2) is 11.1 Å². The van der Waals surface area contributed by atoms with Gasteiger partial charge >= 0.3 is 0 Å². The number of anilines is 1. The Bertz CT molecular complexity index is 576. The second-order valence-electron chi connectivity index (χ2n) is 3.44. The molecule has 17 heavy (non-hydrogen) atoms. The molecule has 0 amide bonds. The number of aromatic amines is 1. The minimum absolute atomic E-state index is 0.0116. The fourth-order valence-electron chi connectivity index (χ4n) is 1.30. The summed E-state index contributed by atoms with van der Waals surface area (Å²) in [7, 11) is 0. The first kappa shape index (κ1) is 11.6. The van der Waals surface area contributed by atoms with Crippen LogP contribution in [0.1, 0.15) is 0 Å². The van der Waals surface area contributed by atoms with Crippen LogP contribution in [0.4, 0.5) is 5.95 Å². The molecular weight excluding hydrogens is 226 g/mol. The van der Waals surface area contributed by atoms with Crippen molar-refractivity contribution in [1.29, 1.82) is 0 Å². The molecule has 4 N–H and O–H groups in total. The summed E-state index contributed by atoms with van der Waals surface area (Å²) in [4.78, 5) is 21.7. The number of ether oxygens (including phenoxy) is 1. The van der Waals surface area contributed by atoms with Gasteiger partial charge in [-0.05, 0) is 6.92 Å². The van der Waals surface area contributed by atoms with Crippen LogP contribution in [0, 0.1) is 6.92 Å². The first-order valence-corrected chi connectivity index (χ1v) is 4.88. The minimum Gasteiger partial charge on any atom is -0.394 e. The largest absolute Gasteiger partial charge is 0.394 e. The molecule has 0 aliphatic rings. The average molecular weight is 238 g/mol. The lowest BCUT2D eigenvalue weighted by Crippen LogP contribution is -2.17. The Morgan fingerprint density at radius 3 is 3.18 bits per heavy atom. The number of fused-ring (bicyclic) bond motifs is 1. The van der Waals surface area contributed by atoms with Crippen molar-refractivity contribution in [1.82, 2.24) is 19.5 Å².